The fourth-order valence-electron chi connectivity index (χ4n) is 2.48. The number of nitrogens with zero attached hydrogens (tertiary/aromatic N) is 1. The molecule has 0 radical (unpaired) electrons. The summed E-state index contributed by atoms with van der Waals surface area (Å²) >= 11 is 5.95. The summed E-state index contributed by atoms with van der Waals surface area (Å²) in [5, 5.41) is 0.0969. The molecule has 1 aromatic heterocycles. The maximum atomic E-state index is 12.4. The van der Waals surface area contributed by atoms with Gasteiger partial charge in [-0.15, -0.1) is 0 Å². The van der Waals surface area contributed by atoms with E-state index in [-0.39, 0.29) is 15.7 Å². The highest BCUT2D eigenvalue weighted by Gasteiger charge is 2.20. The molecule has 0 amide bonds. The van der Waals surface area contributed by atoms with Gasteiger partial charge in [-0.3, -0.25) is 0 Å². The third-order valence-electron chi connectivity index (χ3n) is 3.69. The maximum absolute atomic E-state index is 12.4. The lowest BCUT2D eigenvalue weighted by Crippen LogP contribution is -2.10. The van der Waals surface area contributed by atoms with Crippen LogP contribution in [0.3, 0.4) is 0 Å². The summed E-state index contributed by atoms with van der Waals surface area (Å²) in [5.74, 6) is 0.569. The number of rotatable bonds is 4. The van der Waals surface area contributed by atoms with Crippen molar-refractivity contribution in [2.24, 2.45) is 0 Å². The van der Waals surface area contributed by atoms with E-state index in [9.17, 15) is 8.42 Å². The molecular formula is C19H12ClNO4S. The minimum absolute atomic E-state index is 0.0932. The number of fused-ring (bicyclic) bond motifs is 1. The van der Waals surface area contributed by atoms with Gasteiger partial charge in [0, 0.05) is 11.6 Å². The minimum Gasteiger partial charge on any atom is -0.436 e. The molecule has 0 bridgehead atoms. The Morgan fingerprint density at radius 1 is 0.923 bits per heavy atom. The van der Waals surface area contributed by atoms with Crippen LogP contribution < -0.4 is 4.18 Å². The van der Waals surface area contributed by atoms with Crippen LogP contribution in [-0.2, 0) is 10.1 Å². The molecule has 0 aliphatic heterocycles. The van der Waals surface area contributed by atoms with Crippen molar-refractivity contribution in [3.8, 4) is 17.2 Å². The smallest absolute Gasteiger partial charge is 0.340 e. The van der Waals surface area contributed by atoms with Gasteiger partial charge < -0.3 is 8.60 Å². The predicted octanol–water partition coefficient (Wildman–Crippen LogP) is 4.92. The van der Waals surface area contributed by atoms with Crippen LogP contribution in [0.2, 0.25) is 5.02 Å². The van der Waals surface area contributed by atoms with Gasteiger partial charge in [-0.2, -0.15) is 8.42 Å². The molecule has 5 nitrogen and oxygen atoms in total. The molecule has 0 unspecified atom stereocenters. The quantitative estimate of drug-likeness (QED) is 0.466. The fourth-order valence-corrected chi connectivity index (χ4v) is 3.90. The van der Waals surface area contributed by atoms with Crippen molar-refractivity contribution in [2.75, 3.05) is 0 Å². The van der Waals surface area contributed by atoms with Crippen molar-refractivity contribution in [3.63, 3.8) is 0 Å². The number of benzene rings is 3. The molecule has 0 atom stereocenters. The van der Waals surface area contributed by atoms with Crippen molar-refractivity contribution >= 4 is 32.8 Å². The van der Waals surface area contributed by atoms with Gasteiger partial charge in [0.15, 0.2) is 5.58 Å². The van der Waals surface area contributed by atoms with Crippen LogP contribution in [0.5, 0.6) is 5.75 Å². The van der Waals surface area contributed by atoms with Crippen molar-refractivity contribution in [3.05, 3.63) is 77.8 Å². The number of halogens is 1. The molecule has 4 aromatic rings. The van der Waals surface area contributed by atoms with Gasteiger partial charge in [0.05, 0.1) is 5.02 Å². The highest BCUT2D eigenvalue weighted by atomic mass is 35.5. The van der Waals surface area contributed by atoms with Gasteiger partial charge in [0.25, 0.3) is 0 Å². The fraction of sp³-hybridized carbons (Fsp3) is 0. The van der Waals surface area contributed by atoms with Gasteiger partial charge in [0.2, 0.25) is 5.89 Å². The monoisotopic (exact) mass is 385 g/mol. The molecule has 0 fully saturated rings. The molecule has 4 rings (SSSR count). The first-order valence-electron chi connectivity index (χ1n) is 7.68. The van der Waals surface area contributed by atoms with Crippen molar-refractivity contribution in [2.45, 2.75) is 4.90 Å². The van der Waals surface area contributed by atoms with Crippen LogP contribution in [-0.4, -0.2) is 13.4 Å². The Labute approximate surface area is 154 Å². The zero-order chi connectivity index (χ0) is 18.1. The van der Waals surface area contributed by atoms with Crippen LogP contribution >= 0.6 is 11.6 Å². The van der Waals surface area contributed by atoms with Gasteiger partial charge >= 0.3 is 10.1 Å². The van der Waals surface area contributed by atoms with Crippen LogP contribution in [0.15, 0.2) is 82.1 Å². The maximum Gasteiger partial charge on any atom is 0.340 e. The van der Waals surface area contributed by atoms with Crippen LogP contribution in [0.1, 0.15) is 0 Å². The lowest BCUT2D eigenvalue weighted by atomic mass is 10.2. The van der Waals surface area contributed by atoms with E-state index in [0.717, 1.165) is 5.56 Å². The molecule has 0 saturated carbocycles. The summed E-state index contributed by atoms with van der Waals surface area (Å²) < 4.78 is 35.8. The minimum atomic E-state index is -4.05. The van der Waals surface area contributed by atoms with E-state index in [4.69, 9.17) is 20.2 Å². The zero-order valence-electron chi connectivity index (χ0n) is 13.3. The first-order chi connectivity index (χ1) is 12.5. The van der Waals surface area contributed by atoms with E-state index in [0.29, 0.717) is 17.0 Å². The number of oxazole rings is 1. The zero-order valence-corrected chi connectivity index (χ0v) is 14.9. The lowest BCUT2D eigenvalue weighted by Gasteiger charge is -2.07. The second-order valence-electron chi connectivity index (χ2n) is 5.48. The average molecular weight is 386 g/mol. The Balaban J connectivity index is 1.69. The van der Waals surface area contributed by atoms with E-state index < -0.39 is 10.1 Å². The lowest BCUT2D eigenvalue weighted by molar-refractivity contribution is 0.486. The van der Waals surface area contributed by atoms with Crippen LogP contribution in [0.25, 0.3) is 22.6 Å². The first kappa shape index (κ1) is 16.6. The van der Waals surface area contributed by atoms with Crippen molar-refractivity contribution in [1.82, 2.24) is 4.98 Å². The average Bonchev–Trinajstić information content (AvgIpc) is 3.06. The Morgan fingerprint density at radius 2 is 1.65 bits per heavy atom. The Bertz CT molecular complexity index is 1190. The van der Waals surface area contributed by atoms with Gasteiger partial charge in [0.1, 0.15) is 16.2 Å². The Kier molecular flexibility index (Phi) is 4.14. The molecule has 7 heteroatoms. The summed E-state index contributed by atoms with van der Waals surface area (Å²) in [6.45, 7) is 0. The molecular weight excluding hydrogens is 374 g/mol. The Morgan fingerprint density at radius 3 is 2.42 bits per heavy atom. The van der Waals surface area contributed by atoms with E-state index in [2.05, 4.69) is 4.98 Å². The van der Waals surface area contributed by atoms with E-state index >= 15 is 0 Å². The van der Waals surface area contributed by atoms with Crippen LogP contribution in [0, 0.1) is 0 Å². The number of hydrogen-bond donors (Lipinski definition) is 0. The molecule has 0 spiro atoms. The largest absolute Gasteiger partial charge is 0.436 e. The van der Waals surface area contributed by atoms with Gasteiger partial charge in [-0.1, -0.05) is 41.9 Å². The number of hydrogen-bond acceptors (Lipinski definition) is 5. The highest BCUT2D eigenvalue weighted by Crippen LogP contribution is 2.29. The first-order valence-corrected chi connectivity index (χ1v) is 9.46. The van der Waals surface area contributed by atoms with Crippen molar-refractivity contribution in [1.29, 1.82) is 0 Å². The standard InChI is InChI=1S/C19H12ClNO4S/c20-15-8-4-5-9-18(15)26(22,23)25-14-10-11-16-17(12-14)24-19(21-16)13-6-2-1-3-7-13/h1-12H. The van der Waals surface area contributed by atoms with E-state index in [1.54, 1.807) is 18.2 Å². The molecule has 3 aromatic carbocycles. The third kappa shape index (κ3) is 3.16. The van der Waals surface area contributed by atoms with E-state index in [1.807, 2.05) is 30.3 Å². The molecule has 0 N–H and O–H groups in total. The molecule has 130 valence electrons. The second-order valence-corrected chi connectivity index (χ2v) is 7.40. The number of aromatic nitrogens is 1. The van der Waals surface area contributed by atoms with Crippen LogP contribution in [0.4, 0.5) is 0 Å². The second kappa shape index (κ2) is 6.48. The molecule has 1 heterocycles. The van der Waals surface area contributed by atoms with Crippen molar-refractivity contribution < 1.29 is 17.0 Å². The predicted molar refractivity (Wildman–Crippen MR) is 98.7 cm³/mol. The summed E-state index contributed by atoms with van der Waals surface area (Å²) in [6, 6.07) is 20.2. The topological polar surface area (TPSA) is 69.4 Å². The molecule has 0 aliphatic carbocycles. The summed E-state index contributed by atoms with van der Waals surface area (Å²) in [7, 11) is -4.05. The third-order valence-corrected chi connectivity index (χ3v) is 5.44. The molecule has 26 heavy (non-hydrogen) atoms. The normalized spacial score (nSPS) is 11.6. The summed E-state index contributed by atoms with van der Waals surface area (Å²) in [4.78, 5) is 4.31. The van der Waals surface area contributed by atoms with Gasteiger partial charge in [-0.05, 0) is 36.4 Å². The molecule has 0 saturated heterocycles. The van der Waals surface area contributed by atoms with Gasteiger partial charge in [-0.25, -0.2) is 4.98 Å². The summed E-state index contributed by atoms with van der Waals surface area (Å²) in [5.41, 5.74) is 1.86. The van der Waals surface area contributed by atoms with E-state index in [1.165, 1.54) is 24.3 Å². The SMILES string of the molecule is O=S(=O)(Oc1ccc2nc(-c3ccccc3)oc2c1)c1ccccc1Cl. The molecule has 0 aliphatic rings. The Hall–Kier alpha value is -2.83. The highest BCUT2D eigenvalue weighted by molar-refractivity contribution is 7.87. The summed E-state index contributed by atoms with van der Waals surface area (Å²) in [6.07, 6.45) is 0.